The van der Waals surface area contributed by atoms with Crippen molar-refractivity contribution in [2.45, 2.75) is 26.2 Å². The fraction of sp³-hybridized carbons (Fsp3) is 0.235. The normalized spacial score (nSPS) is 11.2. The molecule has 2 rings (SSSR count). The Kier molecular flexibility index (Phi) is 3.99. The molecule has 0 bridgehead atoms. The molecule has 5 nitrogen and oxygen atoms in total. The Bertz CT molecular complexity index is 701. The number of phenolic OH excluding ortho intramolecular Hbond substituents is 1. The highest BCUT2D eigenvalue weighted by Crippen LogP contribution is 2.33. The number of anilines is 3. The maximum absolute atomic E-state index is 12.4. The fourth-order valence-electron chi connectivity index (χ4n) is 2.03. The van der Waals surface area contributed by atoms with E-state index in [4.69, 9.17) is 11.5 Å². The van der Waals surface area contributed by atoms with Crippen LogP contribution >= 0.6 is 0 Å². The average Bonchev–Trinajstić information content (AvgIpc) is 2.43. The number of phenols is 1. The Morgan fingerprint density at radius 2 is 1.68 bits per heavy atom. The van der Waals surface area contributed by atoms with Gasteiger partial charge in [-0.2, -0.15) is 0 Å². The molecule has 0 atom stereocenters. The highest BCUT2D eigenvalue weighted by molar-refractivity contribution is 6.07. The van der Waals surface area contributed by atoms with E-state index in [0.29, 0.717) is 11.4 Å². The second kappa shape index (κ2) is 5.60. The zero-order chi connectivity index (χ0) is 16.5. The first-order valence-electron chi connectivity index (χ1n) is 6.98. The number of carbonyl (C=O) groups excluding carboxylic acids is 1. The highest BCUT2D eigenvalue weighted by Gasteiger charge is 2.21. The van der Waals surface area contributed by atoms with E-state index in [1.165, 1.54) is 0 Å². The molecular formula is C17H21N3O2. The fourth-order valence-corrected chi connectivity index (χ4v) is 2.03. The zero-order valence-electron chi connectivity index (χ0n) is 13.0. The van der Waals surface area contributed by atoms with Gasteiger partial charge in [0.25, 0.3) is 5.91 Å². The molecule has 6 N–H and O–H groups in total. The Labute approximate surface area is 129 Å². The van der Waals surface area contributed by atoms with E-state index >= 15 is 0 Å². The lowest BCUT2D eigenvalue weighted by Gasteiger charge is -2.21. The number of hydrogen-bond acceptors (Lipinski definition) is 4. The molecule has 0 unspecified atom stereocenters. The maximum atomic E-state index is 12.4. The molecule has 0 aromatic heterocycles. The van der Waals surface area contributed by atoms with Gasteiger partial charge in [0, 0.05) is 11.4 Å². The molecule has 0 fully saturated rings. The Morgan fingerprint density at radius 1 is 1.09 bits per heavy atom. The second-order valence-electron chi connectivity index (χ2n) is 6.29. The topological polar surface area (TPSA) is 101 Å². The third kappa shape index (κ3) is 3.31. The monoisotopic (exact) mass is 299 g/mol. The minimum absolute atomic E-state index is 0.154. The quantitative estimate of drug-likeness (QED) is 0.505. The summed E-state index contributed by atoms with van der Waals surface area (Å²) in [5, 5.41) is 12.8. The van der Waals surface area contributed by atoms with Crippen LogP contribution in [0, 0.1) is 0 Å². The summed E-state index contributed by atoms with van der Waals surface area (Å²) >= 11 is 0. The Balaban J connectivity index is 2.36. The number of nitrogens with two attached hydrogens (primary N) is 2. The van der Waals surface area contributed by atoms with Gasteiger partial charge in [-0.15, -0.1) is 0 Å². The molecule has 0 aliphatic heterocycles. The van der Waals surface area contributed by atoms with Gasteiger partial charge < -0.3 is 21.9 Å². The minimum Gasteiger partial charge on any atom is -0.505 e. The molecule has 0 saturated heterocycles. The van der Waals surface area contributed by atoms with Crippen molar-refractivity contribution in [2.24, 2.45) is 0 Å². The van der Waals surface area contributed by atoms with E-state index in [2.05, 4.69) is 5.32 Å². The van der Waals surface area contributed by atoms with Crippen LogP contribution in [0.3, 0.4) is 0 Å². The van der Waals surface area contributed by atoms with E-state index < -0.39 is 5.91 Å². The lowest BCUT2D eigenvalue weighted by atomic mass is 9.85. The lowest BCUT2D eigenvalue weighted by molar-refractivity contribution is 0.102. The van der Waals surface area contributed by atoms with Crippen LogP contribution in [0.1, 0.15) is 36.7 Å². The second-order valence-corrected chi connectivity index (χ2v) is 6.29. The van der Waals surface area contributed by atoms with Crippen LogP contribution in [-0.2, 0) is 5.41 Å². The van der Waals surface area contributed by atoms with E-state index in [1.807, 2.05) is 20.8 Å². The summed E-state index contributed by atoms with van der Waals surface area (Å²) in [6.45, 7) is 6.04. The van der Waals surface area contributed by atoms with Gasteiger partial charge in [0.05, 0.1) is 11.3 Å². The van der Waals surface area contributed by atoms with Crippen molar-refractivity contribution in [1.29, 1.82) is 0 Å². The number of hydrogen-bond donors (Lipinski definition) is 4. The van der Waals surface area contributed by atoms with E-state index in [1.54, 1.807) is 36.4 Å². The number of benzene rings is 2. The number of aromatic hydroxyl groups is 1. The molecule has 2 aromatic rings. The molecule has 1 amide bonds. The Morgan fingerprint density at radius 3 is 2.23 bits per heavy atom. The van der Waals surface area contributed by atoms with Crippen LogP contribution < -0.4 is 16.8 Å². The summed E-state index contributed by atoms with van der Waals surface area (Å²) in [6.07, 6.45) is 0. The smallest absolute Gasteiger partial charge is 0.259 e. The summed E-state index contributed by atoms with van der Waals surface area (Å²) < 4.78 is 0. The van der Waals surface area contributed by atoms with Crippen LogP contribution in [0.4, 0.5) is 17.1 Å². The summed E-state index contributed by atoms with van der Waals surface area (Å²) in [7, 11) is 0. The molecule has 0 heterocycles. The zero-order valence-corrected chi connectivity index (χ0v) is 13.0. The van der Waals surface area contributed by atoms with Crippen molar-refractivity contribution in [3.8, 4) is 5.75 Å². The Hall–Kier alpha value is -2.69. The van der Waals surface area contributed by atoms with Gasteiger partial charge in [0.15, 0.2) is 5.75 Å². The molecule has 0 spiro atoms. The number of amides is 1. The van der Waals surface area contributed by atoms with Crippen LogP contribution in [0.25, 0.3) is 0 Å². The summed E-state index contributed by atoms with van der Waals surface area (Å²) in [6, 6.07) is 10.1. The van der Waals surface area contributed by atoms with Gasteiger partial charge in [0.1, 0.15) is 0 Å². The largest absolute Gasteiger partial charge is 0.505 e. The van der Waals surface area contributed by atoms with Gasteiger partial charge in [-0.1, -0.05) is 20.8 Å². The molecule has 0 aliphatic rings. The van der Waals surface area contributed by atoms with Crippen molar-refractivity contribution >= 4 is 23.0 Å². The van der Waals surface area contributed by atoms with Crippen LogP contribution in [0.5, 0.6) is 5.75 Å². The van der Waals surface area contributed by atoms with Gasteiger partial charge in [-0.25, -0.2) is 0 Å². The number of rotatable bonds is 2. The first-order chi connectivity index (χ1) is 10.2. The lowest BCUT2D eigenvalue weighted by Crippen LogP contribution is -2.17. The first kappa shape index (κ1) is 15.7. The third-order valence-corrected chi connectivity index (χ3v) is 3.42. The molecule has 0 radical (unpaired) electrons. The molecule has 0 aliphatic carbocycles. The molecule has 5 heteroatoms. The van der Waals surface area contributed by atoms with E-state index in [-0.39, 0.29) is 22.4 Å². The van der Waals surface area contributed by atoms with Crippen molar-refractivity contribution in [2.75, 3.05) is 16.8 Å². The average molecular weight is 299 g/mol. The van der Waals surface area contributed by atoms with Crippen LogP contribution in [-0.4, -0.2) is 11.0 Å². The van der Waals surface area contributed by atoms with Gasteiger partial charge >= 0.3 is 0 Å². The summed E-state index contributed by atoms with van der Waals surface area (Å²) in [5.41, 5.74) is 13.7. The highest BCUT2D eigenvalue weighted by atomic mass is 16.3. The molecule has 2 aromatic carbocycles. The van der Waals surface area contributed by atoms with E-state index in [0.717, 1.165) is 5.56 Å². The predicted molar refractivity (Wildman–Crippen MR) is 90.0 cm³/mol. The number of nitrogens with one attached hydrogen (secondary N) is 1. The van der Waals surface area contributed by atoms with Crippen molar-refractivity contribution in [3.63, 3.8) is 0 Å². The van der Waals surface area contributed by atoms with Crippen LogP contribution in [0.15, 0.2) is 36.4 Å². The molecule has 0 saturated carbocycles. The molecule has 116 valence electrons. The van der Waals surface area contributed by atoms with Gasteiger partial charge in [-0.3, -0.25) is 4.79 Å². The molecular weight excluding hydrogens is 278 g/mol. The number of carbonyl (C=O) groups is 1. The summed E-state index contributed by atoms with van der Waals surface area (Å²) in [4.78, 5) is 12.4. The minimum atomic E-state index is -0.417. The standard InChI is InChI=1S/C17H21N3O2/c1-17(2,3)10-8-13(15(21)14(19)9-10)16(22)20-12-6-4-11(18)5-7-12/h4-9,21H,18-19H2,1-3H3,(H,20,22). The maximum Gasteiger partial charge on any atom is 0.259 e. The third-order valence-electron chi connectivity index (χ3n) is 3.42. The number of nitrogen functional groups attached to an aromatic ring is 2. The first-order valence-corrected chi connectivity index (χ1v) is 6.98. The summed E-state index contributed by atoms with van der Waals surface area (Å²) in [5.74, 6) is -0.624. The SMILES string of the molecule is CC(C)(C)c1cc(N)c(O)c(C(=O)Nc2ccc(N)cc2)c1. The predicted octanol–water partition coefficient (Wildman–Crippen LogP) is 3.11. The van der Waals surface area contributed by atoms with Gasteiger partial charge in [-0.05, 0) is 47.4 Å². The van der Waals surface area contributed by atoms with Crippen molar-refractivity contribution < 1.29 is 9.90 Å². The van der Waals surface area contributed by atoms with Crippen LogP contribution in [0.2, 0.25) is 0 Å². The van der Waals surface area contributed by atoms with Crippen molar-refractivity contribution in [1.82, 2.24) is 0 Å². The van der Waals surface area contributed by atoms with Gasteiger partial charge in [0.2, 0.25) is 0 Å². The van der Waals surface area contributed by atoms with E-state index in [9.17, 15) is 9.90 Å². The molecule has 22 heavy (non-hydrogen) atoms. The van der Waals surface area contributed by atoms with Crippen molar-refractivity contribution in [3.05, 3.63) is 47.5 Å².